The average Bonchev–Trinajstić information content (AvgIpc) is 2.71. The van der Waals surface area contributed by atoms with Gasteiger partial charge < -0.3 is 0 Å². The molecule has 0 aliphatic heterocycles. The normalized spacial score (nSPS) is 13.2. The van der Waals surface area contributed by atoms with E-state index >= 15 is 4.39 Å². The first-order valence-electron chi connectivity index (χ1n) is 9.71. The average molecular weight is 396 g/mol. The van der Waals surface area contributed by atoms with Crippen LogP contribution in [-0.4, -0.2) is 0 Å². The Hall–Kier alpha value is -2.88. The van der Waals surface area contributed by atoms with Crippen molar-refractivity contribution in [1.82, 2.24) is 0 Å². The van der Waals surface area contributed by atoms with E-state index in [-0.39, 0.29) is 16.9 Å². The lowest BCUT2D eigenvalue weighted by atomic mass is 9.85. The fourth-order valence-corrected chi connectivity index (χ4v) is 3.91. The van der Waals surface area contributed by atoms with E-state index in [0.29, 0.717) is 24.0 Å². The second kappa shape index (κ2) is 7.86. The fraction of sp³-hybridized carbons (Fsp3) is 0.200. The Morgan fingerprint density at radius 3 is 2.31 bits per heavy atom. The number of fused-ring (bicyclic) bond motifs is 1. The molecule has 0 nitrogen and oxygen atoms in total. The van der Waals surface area contributed by atoms with Crippen LogP contribution in [0.3, 0.4) is 0 Å². The van der Waals surface area contributed by atoms with Gasteiger partial charge in [0.1, 0.15) is 11.6 Å². The summed E-state index contributed by atoms with van der Waals surface area (Å²) in [5.41, 5.74) is 4.15. The monoisotopic (exact) mass is 396 g/mol. The molecule has 0 heterocycles. The van der Waals surface area contributed by atoms with Crippen molar-refractivity contribution < 1.29 is 17.6 Å². The van der Waals surface area contributed by atoms with Crippen LogP contribution in [0.25, 0.3) is 16.7 Å². The number of allylic oxidation sites excluding steroid dienone is 2. The predicted octanol–water partition coefficient (Wildman–Crippen LogP) is 7.04. The Bertz CT molecular complexity index is 1110. The van der Waals surface area contributed by atoms with Gasteiger partial charge >= 0.3 is 0 Å². The zero-order chi connectivity index (χ0) is 20.5. The highest BCUT2D eigenvalue weighted by atomic mass is 19.2. The van der Waals surface area contributed by atoms with Crippen molar-refractivity contribution in [3.63, 3.8) is 0 Å². The number of hydrogen-bond acceptors (Lipinski definition) is 0. The van der Waals surface area contributed by atoms with Crippen molar-refractivity contribution in [1.29, 1.82) is 0 Å². The number of aryl methyl sites for hydroxylation is 1. The summed E-state index contributed by atoms with van der Waals surface area (Å²) in [6.07, 6.45) is 4.38. The highest BCUT2D eigenvalue weighted by Crippen LogP contribution is 2.35. The van der Waals surface area contributed by atoms with Crippen LogP contribution < -0.4 is 0 Å². The molecule has 0 atom stereocenters. The summed E-state index contributed by atoms with van der Waals surface area (Å²) in [5, 5.41) is 0. The molecule has 29 heavy (non-hydrogen) atoms. The molecule has 0 radical (unpaired) electrons. The molecular formula is C25H20F4. The minimum Gasteiger partial charge on any atom is -0.206 e. The van der Waals surface area contributed by atoms with Gasteiger partial charge in [0, 0.05) is 11.1 Å². The lowest BCUT2D eigenvalue weighted by molar-refractivity contribution is 0.509. The van der Waals surface area contributed by atoms with Crippen LogP contribution in [0.2, 0.25) is 0 Å². The van der Waals surface area contributed by atoms with Crippen LogP contribution in [-0.2, 0) is 19.3 Å². The van der Waals surface area contributed by atoms with E-state index in [1.54, 1.807) is 24.3 Å². The van der Waals surface area contributed by atoms with E-state index in [9.17, 15) is 13.2 Å². The molecule has 4 rings (SSSR count). The van der Waals surface area contributed by atoms with Crippen LogP contribution in [0.5, 0.6) is 0 Å². The van der Waals surface area contributed by atoms with E-state index in [2.05, 4.69) is 6.92 Å². The molecule has 148 valence electrons. The van der Waals surface area contributed by atoms with Crippen LogP contribution in [0.1, 0.15) is 35.6 Å². The van der Waals surface area contributed by atoms with Gasteiger partial charge in [-0.05, 0) is 65.3 Å². The van der Waals surface area contributed by atoms with Crippen molar-refractivity contribution in [3.8, 4) is 11.1 Å². The third-order valence-corrected chi connectivity index (χ3v) is 5.42. The topological polar surface area (TPSA) is 0 Å². The number of hydrogen-bond donors (Lipinski definition) is 0. The number of rotatable bonds is 4. The van der Waals surface area contributed by atoms with Gasteiger partial charge in [-0.3, -0.25) is 0 Å². The van der Waals surface area contributed by atoms with E-state index in [4.69, 9.17) is 0 Å². The fourth-order valence-electron chi connectivity index (χ4n) is 3.91. The van der Waals surface area contributed by atoms with E-state index in [1.807, 2.05) is 12.1 Å². The molecule has 1 aliphatic rings. The highest BCUT2D eigenvalue weighted by molar-refractivity contribution is 5.73. The van der Waals surface area contributed by atoms with Gasteiger partial charge in [0.05, 0.1) is 0 Å². The molecule has 0 saturated carbocycles. The van der Waals surface area contributed by atoms with Crippen molar-refractivity contribution >= 4 is 5.57 Å². The van der Waals surface area contributed by atoms with E-state index < -0.39 is 17.5 Å². The van der Waals surface area contributed by atoms with Crippen LogP contribution in [0.15, 0.2) is 54.6 Å². The van der Waals surface area contributed by atoms with Gasteiger partial charge in [-0.25, -0.2) is 17.6 Å². The summed E-state index contributed by atoms with van der Waals surface area (Å²) in [6, 6.07) is 12.0. The maximum Gasteiger partial charge on any atom is 0.159 e. The molecule has 0 amide bonds. The number of benzene rings is 3. The Morgan fingerprint density at radius 1 is 0.793 bits per heavy atom. The zero-order valence-electron chi connectivity index (χ0n) is 16.0. The van der Waals surface area contributed by atoms with Crippen molar-refractivity contribution in [3.05, 3.63) is 100 Å². The second-order valence-electron chi connectivity index (χ2n) is 7.37. The van der Waals surface area contributed by atoms with Gasteiger partial charge in [0.15, 0.2) is 11.6 Å². The molecular weight excluding hydrogens is 376 g/mol. The third-order valence-electron chi connectivity index (χ3n) is 5.42. The summed E-state index contributed by atoms with van der Waals surface area (Å²) < 4.78 is 56.4. The van der Waals surface area contributed by atoms with Crippen LogP contribution in [0, 0.1) is 23.3 Å². The molecule has 0 fully saturated rings. The standard InChI is InChI=1S/C25H20F4/c1-2-3-15-4-8-19(23(27)12-15)16-5-9-20-17(13-16)6-10-21(25(20)29)18-7-11-22(26)24(28)14-18/h4-8,10-12,14H,2-3,9,13H2,1H3. The molecule has 3 aromatic rings. The molecule has 0 aromatic heterocycles. The minimum atomic E-state index is -1.01. The van der Waals surface area contributed by atoms with E-state index in [0.717, 1.165) is 41.7 Å². The lowest BCUT2D eigenvalue weighted by Gasteiger charge is -2.20. The summed E-state index contributed by atoms with van der Waals surface area (Å²) in [4.78, 5) is 0. The van der Waals surface area contributed by atoms with Crippen molar-refractivity contribution in [2.24, 2.45) is 0 Å². The predicted molar refractivity (Wildman–Crippen MR) is 108 cm³/mol. The maximum absolute atomic E-state index is 15.1. The van der Waals surface area contributed by atoms with Gasteiger partial charge in [-0.1, -0.05) is 49.8 Å². The highest BCUT2D eigenvalue weighted by Gasteiger charge is 2.21. The first-order valence-corrected chi connectivity index (χ1v) is 9.71. The maximum atomic E-state index is 15.1. The quantitative estimate of drug-likeness (QED) is 0.415. The molecule has 0 bridgehead atoms. The zero-order valence-corrected chi connectivity index (χ0v) is 16.0. The summed E-state index contributed by atoms with van der Waals surface area (Å²) >= 11 is 0. The molecule has 0 N–H and O–H groups in total. The third kappa shape index (κ3) is 3.71. The smallest absolute Gasteiger partial charge is 0.159 e. The van der Waals surface area contributed by atoms with Crippen molar-refractivity contribution in [2.75, 3.05) is 0 Å². The summed E-state index contributed by atoms with van der Waals surface area (Å²) in [5.74, 6) is -2.68. The molecule has 4 heteroatoms. The molecule has 3 aromatic carbocycles. The Morgan fingerprint density at radius 2 is 1.59 bits per heavy atom. The largest absolute Gasteiger partial charge is 0.206 e. The molecule has 0 saturated heterocycles. The lowest BCUT2D eigenvalue weighted by Crippen LogP contribution is -2.07. The molecule has 0 spiro atoms. The van der Waals surface area contributed by atoms with Gasteiger partial charge in [-0.15, -0.1) is 0 Å². The molecule has 1 aliphatic carbocycles. The summed E-state index contributed by atoms with van der Waals surface area (Å²) in [7, 11) is 0. The van der Waals surface area contributed by atoms with Crippen molar-refractivity contribution in [2.45, 2.75) is 32.6 Å². The van der Waals surface area contributed by atoms with Crippen LogP contribution in [0.4, 0.5) is 17.6 Å². The summed E-state index contributed by atoms with van der Waals surface area (Å²) in [6.45, 7) is 2.05. The first kappa shape index (κ1) is 19.4. The Kier molecular flexibility index (Phi) is 5.27. The Labute approximate surface area is 167 Å². The van der Waals surface area contributed by atoms with E-state index in [1.165, 1.54) is 6.07 Å². The Balaban J connectivity index is 1.66. The van der Waals surface area contributed by atoms with Gasteiger partial charge in [-0.2, -0.15) is 0 Å². The van der Waals surface area contributed by atoms with Gasteiger partial charge in [0.2, 0.25) is 0 Å². The minimum absolute atomic E-state index is 0.231. The SMILES string of the molecule is CCCc1ccc(C2=CCc3c(ccc(-c4ccc(F)c(F)c4)c3F)C2)c(F)c1. The first-order chi connectivity index (χ1) is 14.0. The second-order valence-corrected chi connectivity index (χ2v) is 7.37. The molecule has 0 unspecified atom stereocenters. The van der Waals surface area contributed by atoms with Gasteiger partial charge in [0.25, 0.3) is 0 Å². The number of halogens is 4. The van der Waals surface area contributed by atoms with Crippen LogP contribution >= 0.6 is 0 Å².